The maximum Gasteiger partial charge on any atom is 0.234 e. The van der Waals surface area contributed by atoms with Crippen molar-refractivity contribution in [2.75, 3.05) is 32.8 Å². The highest BCUT2D eigenvalue weighted by Gasteiger charge is 2.47. The molecule has 2 saturated heterocycles. The van der Waals surface area contributed by atoms with E-state index in [2.05, 4.69) is 34.9 Å². The summed E-state index contributed by atoms with van der Waals surface area (Å²) in [6, 6.07) is 8.55. The second kappa shape index (κ2) is 7.63. The average molecular weight is 411 g/mol. The number of aromatic nitrogens is 1. The van der Waals surface area contributed by atoms with Gasteiger partial charge in [-0.3, -0.25) is 24.3 Å². The zero-order chi connectivity index (χ0) is 20.0. The van der Waals surface area contributed by atoms with Gasteiger partial charge >= 0.3 is 0 Å². The van der Waals surface area contributed by atoms with E-state index in [1.807, 2.05) is 18.2 Å². The predicted octanol–water partition coefficient (Wildman–Crippen LogP) is 2.88. The van der Waals surface area contributed by atoms with Crippen LogP contribution in [0.2, 0.25) is 0 Å². The SMILES string of the molecule is CC(c1nc2ccccc2s1)N1CCN(CN2C(=O)C3CC=CCC3C2=O)CC1. The fourth-order valence-corrected chi connectivity index (χ4v) is 5.78. The number of carbonyl (C=O) groups is 2. The van der Waals surface area contributed by atoms with E-state index in [0.717, 1.165) is 36.7 Å². The third-order valence-corrected chi connectivity index (χ3v) is 7.77. The van der Waals surface area contributed by atoms with Crippen molar-refractivity contribution in [3.8, 4) is 0 Å². The minimum absolute atomic E-state index is 0.0228. The number of hydrogen-bond acceptors (Lipinski definition) is 6. The Labute approximate surface area is 174 Å². The van der Waals surface area contributed by atoms with Crippen LogP contribution in [0.15, 0.2) is 36.4 Å². The molecule has 2 aliphatic heterocycles. The lowest BCUT2D eigenvalue weighted by molar-refractivity contribution is -0.142. The molecule has 152 valence electrons. The van der Waals surface area contributed by atoms with E-state index in [4.69, 9.17) is 4.98 Å². The standard InChI is InChI=1S/C22H26N4O2S/c1-15(20-23-18-8-4-5-9-19(18)29-20)25-12-10-24(11-13-25)14-26-21(27)16-6-2-3-7-17(16)22(26)28/h2-5,8-9,15-17H,6-7,10-14H2,1H3. The van der Waals surface area contributed by atoms with Gasteiger partial charge in [-0.2, -0.15) is 0 Å². The number of nitrogens with zero attached hydrogens (tertiary/aromatic N) is 4. The Hall–Kier alpha value is -2.09. The maximum absolute atomic E-state index is 12.7. The van der Waals surface area contributed by atoms with Crippen LogP contribution < -0.4 is 0 Å². The lowest BCUT2D eigenvalue weighted by atomic mass is 9.85. The van der Waals surface area contributed by atoms with Crippen molar-refractivity contribution in [1.29, 1.82) is 0 Å². The van der Waals surface area contributed by atoms with Crippen LogP contribution in [-0.2, 0) is 9.59 Å². The molecule has 0 bridgehead atoms. The summed E-state index contributed by atoms with van der Waals surface area (Å²) in [6.45, 7) is 6.22. The number of likely N-dealkylation sites (tertiary alicyclic amines) is 1. The Balaban J connectivity index is 1.19. The first kappa shape index (κ1) is 18.9. The molecule has 29 heavy (non-hydrogen) atoms. The second-order valence-corrected chi connectivity index (χ2v) is 9.31. The number of piperazine rings is 1. The fraction of sp³-hybridized carbons (Fsp3) is 0.500. The summed E-state index contributed by atoms with van der Waals surface area (Å²) in [5.41, 5.74) is 1.07. The molecule has 5 rings (SSSR count). The van der Waals surface area contributed by atoms with Crippen LogP contribution in [0.3, 0.4) is 0 Å². The summed E-state index contributed by atoms with van der Waals surface area (Å²) < 4.78 is 1.23. The maximum atomic E-state index is 12.7. The summed E-state index contributed by atoms with van der Waals surface area (Å²) in [5.74, 6) is -0.218. The van der Waals surface area contributed by atoms with Gasteiger partial charge in [0.15, 0.2) is 0 Å². The molecule has 3 aliphatic rings. The van der Waals surface area contributed by atoms with Crippen LogP contribution in [-0.4, -0.2) is 64.3 Å². The molecule has 0 radical (unpaired) electrons. The zero-order valence-electron chi connectivity index (χ0n) is 16.7. The van der Waals surface area contributed by atoms with Crippen LogP contribution in [0, 0.1) is 11.8 Å². The number of hydrogen-bond donors (Lipinski definition) is 0. The summed E-state index contributed by atoms with van der Waals surface area (Å²) in [6.07, 6.45) is 5.49. The second-order valence-electron chi connectivity index (χ2n) is 8.25. The Morgan fingerprint density at radius 3 is 2.34 bits per heavy atom. The topological polar surface area (TPSA) is 56.8 Å². The zero-order valence-corrected chi connectivity index (χ0v) is 17.5. The first-order valence-electron chi connectivity index (χ1n) is 10.4. The number of benzene rings is 1. The van der Waals surface area contributed by atoms with Gasteiger partial charge in [-0.1, -0.05) is 24.3 Å². The van der Waals surface area contributed by atoms with E-state index in [1.54, 1.807) is 11.3 Å². The molecule has 1 aliphatic carbocycles. The van der Waals surface area contributed by atoms with Crippen molar-refractivity contribution >= 4 is 33.4 Å². The predicted molar refractivity (Wildman–Crippen MR) is 113 cm³/mol. The highest BCUT2D eigenvalue weighted by atomic mass is 32.1. The molecule has 3 atom stereocenters. The van der Waals surface area contributed by atoms with Crippen molar-refractivity contribution in [2.24, 2.45) is 11.8 Å². The molecule has 7 heteroatoms. The molecule has 3 unspecified atom stereocenters. The van der Waals surface area contributed by atoms with Gasteiger partial charge in [-0.15, -0.1) is 11.3 Å². The lowest BCUT2D eigenvalue weighted by Crippen LogP contribution is -2.51. The highest BCUT2D eigenvalue weighted by Crippen LogP contribution is 2.35. The quantitative estimate of drug-likeness (QED) is 0.573. The molecule has 2 aromatic rings. The van der Waals surface area contributed by atoms with Crippen LogP contribution in [0.1, 0.15) is 30.8 Å². The van der Waals surface area contributed by atoms with Crippen LogP contribution in [0.4, 0.5) is 0 Å². The van der Waals surface area contributed by atoms with Crippen molar-refractivity contribution in [1.82, 2.24) is 19.7 Å². The molecule has 0 N–H and O–H groups in total. The molecule has 1 aromatic heterocycles. The van der Waals surface area contributed by atoms with Gasteiger partial charge in [0, 0.05) is 26.2 Å². The normalized spacial score (nSPS) is 27.0. The van der Waals surface area contributed by atoms with Crippen LogP contribution >= 0.6 is 11.3 Å². The Morgan fingerprint density at radius 2 is 1.69 bits per heavy atom. The molecule has 6 nitrogen and oxygen atoms in total. The first-order chi connectivity index (χ1) is 14.1. The molecule has 0 saturated carbocycles. The van der Waals surface area contributed by atoms with Gasteiger partial charge in [-0.05, 0) is 31.9 Å². The molecular formula is C22H26N4O2S. The van der Waals surface area contributed by atoms with Crippen molar-refractivity contribution < 1.29 is 9.59 Å². The van der Waals surface area contributed by atoms with Gasteiger partial charge in [0.05, 0.1) is 34.8 Å². The summed E-state index contributed by atoms with van der Waals surface area (Å²) in [4.78, 5) is 36.4. The number of amides is 2. The van der Waals surface area contributed by atoms with Gasteiger partial charge in [-0.25, -0.2) is 4.98 Å². The van der Waals surface area contributed by atoms with E-state index in [1.165, 1.54) is 9.60 Å². The Kier molecular flexibility index (Phi) is 4.97. The minimum Gasteiger partial charge on any atom is -0.292 e. The number of allylic oxidation sites excluding steroid dienone is 2. The molecule has 0 spiro atoms. The smallest absolute Gasteiger partial charge is 0.234 e. The van der Waals surface area contributed by atoms with Crippen LogP contribution in [0.25, 0.3) is 10.2 Å². The van der Waals surface area contributed by atoms with E-state index in [9.17, 15) is 9.59 Å². The first-order valence-corrected chi connectivity index (χ1v) is 11.3. The van der Waals surface area contributed by atoms with Crippen molar-refractivity contribution in [2.45, 2.75) is 25.8 Å². The summed E-state index contributed by atoms with van der Waals surface area (Å²) >= 11 is 1.77. The van der Waals surface area contributed by atoms with E-state index >= 15 is 0 Å². The molecule has 2 fully saturated rings. The minimum atomic E-state index is -0.132. The van der Waals surface area contributed by atoms with E-state index < -0.39 is 0 Å². The average Bonchev–Trinajstić information content (AvgIpc) is 3.29. The monoisotopic (exact) mass is 410 g/mol. The Morgan fingerprint density at radius 1 is 1.03 bits per heavy atom. The number of para-hydroxylation sites is 1. The third kappa shape index (κ3) is 3.41. The number of carbonyl (C=O) groups excluding carboxylic acids is 2. The highest BCUT2D eigenvalue weighted by molar-refractivity contribution is 7.18. The number of thiazole rings is 1. The van der Waals surface area contributed by atoms with Crippen molar-refractivity contribution in [3.63, 3.8) is 0 Å². The van der Waals surface area contributed by atoms with Crippen molar-refractivity contribution in [3.05, 3.63) is 41.4 Å². The largest absolute Gasteiger partial charge is 0.292 e. The van der Waals surface area contributed by atoms with Gasteiger partial charge in [0.2, 0.25) is 11.8 Å². The molecular weight excluding hydrogens is 384 g/mol. The van der Waals surface area contributed by atoms with E-state index in [-0.39, 0.29) is 29.7 Å². The molecule has 2 amide bonds. The fourth-order valence-electron chi connectivity index (χ4n) is 4.73. The number of rotatable bonds is 4. The molecule has 1 aromatic carbocycles. The third-order valence-electron chi connectivity index (χ3n) is 6.56. The van der Waals surface area contributed by atoms with Gasteiger partial charge in [0.25, 0.3) is 0 Å². The van der Waals surface area contributed by atoms with Gasteiger partial charge in [0.1, 0.15) is 5.01 Å². The van der Waals surface area contributed by atoms with E-state index in [0.29, 0.717) is 19.5 Å². The Bertz CT molecular complexity index is 904. The lowest BCUT2D eigenvalue weighted by Gasteiger charge is -2.38. The summed E-state index contributed by atoms with van der Waals surface area (Å²) in [5, 5.41) is 1.15. The summed E-state index contributed by atoms with van der Waals surface area (Å²) in [7, 11) is 0. The number of imide groups is 1. The van der Waals surface area contributed by atoms with Crippen LogP contribution in [0.5, 0.6) is 0 Å². The molecule has 3 heterocycles. The number of fused-ring (bicyclic) bond motifs is 2. The van der Waals surface area contributed by atoms with Gasteiger partial charge < -0.3 is 0 Å².